The van der Waals surface area contributed by atoms with Crippen LogP contribution in [0.3, 0.4) is 0 Å². The number of anilines is 1. The molecule has 0 heterocycles. The quantitative estimate of drug-likeness (QED) is 0.940. The van der Waals surface area contributed by atoms with E-state index in [0.29, 0.717) is 0 Å². The van der Waals surface area contributed by atoms with Gasteiger partial charge in [0, 0.05) is 12.6 Å². The zero-order valence-electron chi connectivity index (χ0n) is 10.8. The van der Waals surface area contributed by atoms with Gasteiger partial charge in [-0.15, -0.1) is 0 Å². The number of benzene rings is 2. The predicted molar refractivity (Wildman–Crippen MR) is 74.4 cm³/mol. The number of aliphatic hydroxyl groups excluding tert-OH is 1. The van der Waals surface area contributed by atoms with Gasteiger partial charge in [0.15, 0.2) is 0 Å². The first-order valence-corrected chi connectivity index (χ1v) is 7.34. The van der Waals surface area contributed by atoms with Crippen LogP contribution in [0.2, 0.25) is 0 Å². The molecule has 6 heteroatoms. The highest BCUT2D eigenvalue weighted by Crippen LogP contribution is 2.23. The molecule has 0 aliphatic carbocycles. The topological polar surface area (TPSA) is 57.6 Å². The van der Waals surface area contributed by atoms with Crippen LogP contribution in [-0.2, 0) is 16.6 Å². The van der Waals surface area contributed by atoms with Crippen LogP contribution >= 0.6 is 0 Å². The second kappa shape index (κ2) is 5.60. The lowest BCUT2D eigenvalue weighted by molar-refractivity contribution is 0.276. The van der Waals surface area contributed by atoms with E-state index >= 15 is 0 Å². The van der Waals surface area contributed by atoms with Crippen molar-refractivity contribution in [1.82, 2.24) is 0 Å². The van der Waals surface area contributed by atoms with Crippen molar-refractivity contribution in [2.24, 2.45) is 0 Å². The maximum absolute atomic E-state index is 13.6. The molecule has 0 atom stereocenters. The summed E-state index contributed by atoms with van der Waals surface area (Å²) in [6.07, 6.45) is 0. The van der Waals surface area contributed by atoms with Gasteiger partial charge in [0.2, 0.25) is 0 Å². The third kappa shape index (κ3) is 2.66. The third-order valence-electron chi connectivity index (χ3n) is 2.97. The fourth-order valence-electron chi connectivity index (χ4n) is 1.75. The summed E-state index contributed by atoms with van der Waals surface area (Å²) in [5.74, 6) is -0.639. The van der Waals surface area contributed by atoms with E-state index in [-0.39, 0.29) is 16.1 Å². The Morgan fingerprint density at radius 2 is 1.80 bits per heavy atom. The number of rotatable bonds is 4. The van der Waals surface area contributed by atoms with E-state index in [1.165, 1.54) is 31.3 Å². The molecular formula is C14H14FNO3S. The molecule has 0 aliphatic heterocycles. The van der Waals surface area contributed by atoms with Crippen molar-refractivity contribution in [3.63, 3.8) is 0 Å². The molecule has 2 aromatic carbocycles. The molecule has 4 nitrogen and oxygen atoms in total. The number of hydrogen-bond acceptors (Lipinski definition) is 3. The molecular weight excluding hydrogens is 281 g/mol. The summed E-state index contributed by atoms with van der Waals surface area (Å²) < 4.78 is 39.3. The Kier molecular flexibility index (Phi) is 4.06. The number of sulfonamides is 1. The van der Waals surface area contributed by atoms with Gasteiger partial charge in [0.25, 0.3) is 10.0 Å². The van der Waals surface area contributed by atoms with Gasteiger partial charge in [-0.1, -0.05) is 24.3 Å². The van der Waals surface area contributed by atoms with Gasteiger partial charge in [-0.25, -0.2) is 12.8 Å². The average Bonchev–Trinajstić information content (AvgIpc) is 2.47. The molecule has 0 spiro atoms. The smallest absolute Gasteiger partial charge is 0.264 e. The Balaban J connectivity index is 2.41. The second-order valence-electron chi connectivity index (χ2n) is 4.22. The molecule has 2 rings (SSSR count). The summed E-state index contributed by atoms with van der Waals surface area (Å²) in [6.45, 7) is -0.429. The van der Waals surface area contributed by atoms with Crippen molar-refractivity contribution in [3.8, 4) is 0 Å². The van der Waals surface area contributed by atoms with E-state index in [1.54, 1.807) is 18.2 Å². The van der Waals surface area contributed by atoms with Crippen molar-refractivity contribution < 1.29 is 17.9 Å². The van der Waals surface area contributed by atoms with Crippen molar-refractivity contribution >= 4 is 15.7 Å². The standard InChI is InChI=1S/C14H14FNO3S/c1-16(12-8-7-11(10-17)14(15)9-12)20(18,19)13-5-3-2-4-6-13/h2-9,17H,10H2,1H3. The normalized spacial score (nSPS) is 11.3. The van der Waals surface area contributed by atoms with Crippen LogP contribution in [-0.4, -0.2) is 20.6 Å². The van der Waals surface area contributed by atoms with Gasteiger partial charge in [-0.2, -0.15) is 0 Å². The fraction of sp³-hybridized carbons (Fsp3) is 0.143. The molecule has 0 radical (unpaired) electrons. The summed E-state index contributed by atoms with van der Waals surface area (Å²) in [5, 5.41) is 8.91. The van der Waals surface area contributed by atoms with E-state index in [2.05, 4.69) is 0 Å². The van der Waals surface area contributed by atoms with Gasteiger partial charge >= 0.3 is 0 Å². The fourth-order valence-corrected chi connectivity index (χ4v) is 2.96. The molecule has 20 heavy (non-hydrogen) atoms. The average molecular weight is 295 g/mol. The highest BCUT2D eigenvalue weighted by atomic mass is 32.2. The van der Waals surface area contributed by atoms with E-state index in [1.807, 2.05) is 0 Å². The summed E-state index contributed by atoms with van der Waals surface area (Å²) >= 11 is 0. The summed E-state index contributed by atoms with van der Waals surface area (Å²) in [7, 11) is -2.37. The lowest BCUT2D eigenvalue weighted by Gasteiger charge is -2.20. The predicted octanol–water partition coefficient (Wildman–Crippen LogP) is 2.14. The van der Waals surface area contributed by atoms with Crippen molar-refractivity contribution in [2.45, 2.75) is 11.5 Å². The molecule has 1 N–H and O–H groups in total. The SMILES string of the molecule is CN(c1ccc(CO)c(F)c1)S(=O)(=O)c1ccccc1. The molecule has 0 aromatic heterocycles. The van der Waals surface area contributed by atoms with Gasteiger partial charge in [-0.3, -0.25) is 4.31 Å². The number of halogens is 1. The minimum atomic E-state index is -3.72. The van der Waals surface area contributed by atoms with Gasteiger partial charge in [-0.05, 0) is 24.3 Å². The largest absolute Gasteiger partial charge is 0.392 e. The van der Waals surface area contributed by atoms with Crippen molar-refractivity contribution in [2.75, 3.05) is 11.4 Å². The molecule has 0 unspecified atom stereocenters. The number of aliphatic hydroxyl groups is 1. The van der Waals surface area contributed by atoms with E-state index in [4.69, 9.17) is 5.11 Å². The molecule has 0 fully saturated rings. The van der Waals surface area contributed by atoms with Crippen molar-refractivity contribution in [3.05, 3.63) is 59.9 Å². The summed E-state index contributed by atoms with van der Waals surface area (Å²) in [6, 6.07) is 11.8. The van der Waals surface area contributed by atoms with Crippen LogP contribution in [0.1, 0.15) is 5.56 Å². The summed E-state index contributed by atoms with van der Waals surface area (Å²) in [4.78, 5) is 0.133. The van der Waals surface area contributed by atoms with Gasteiger partial charge in [0.05, 0.1) is 17.2 Å². The van der Waals surface area contributed by atoms with Crippen molar-refractivity contribution in [1.29, 1.82) is 0 Å². The Bertz CT molecular complexity index is 702. The molecule has 0 amide bonds. The van der Waals surface area contributed by atoms with Crippen LogP contribution in [0.15, 0.2) is 53.4 Å². The molecule has 106 valence electrons. The van der Waals surface area contributed by atoms with Crippen LogP contribution in [0.25, 0.3) is 0 Å². The van der Waals surface area contributed by atoms with Crippen LogP contribution < -0.4 is 4.31 Å². The van der Waals surface area contributed by atoms with Crippen LogP contribution in [0, 0.1) is 5.82 Å². The highest BCUT2D eigenvalue weighted by molar-refractivity contribution is 7.92. The molecule has 2 aromatic rings. The molecule has 0 aliphatic rings. The second-order valence-corrected chi connectivity index (χ2v) is 6.19. The molecule has 0 saturated heterocycles. The Labute approximate surface area is 117 Å². The molecule has 0 bridgehead atoms. The Hall–Kier alpha value is -1.92. The van der Waals surface area contributed by atoms with E-state index in [0.717, 1.165) is 10.4 Å². The van der Waals surface area contributed by atoms with Crippen LogP contribution in [0.5, 0.6) is 0 Å². The Morgan fingerprint density at radius 3 is 2.35 bits per heavy atom. The van der Waals surface area contributed by atoms with Gasteiger partial charge < -0.3 is 5.11 Å². The lowest BCUT2D eigenvalue weighted by Crippen LogP contribution is -2.26. The lowest BCUT2D eigenvalue weighted by atomic mass is 10.2. The first kappa shape index (κ1) is 14.5. The first-order valence-electron chi connectivity index (χ1n) is 5.90. The van der Waals surface area contributed by atoms with E-state index < -0.39 is 22.4 Å². The maximum atomic E-state index is 13.6. The minimum Gasteiger partial charge on any atom is -0.392 e. The Morgan fingerprint density at radius 1 is 1.15 bits per heavy atom. The minimum absolute atomic E-state index is 0.124. The molecule has 0 saturated carbocycles. The zero-order chi connectivity index (χ0) is 14.8. The van der Waals surface area contributed by atoms with Gasteiger partial charge in [0.1, 0.15) is 5.82 Å². The highest BCUT2D eigenvalue weighted by Gasteiger charge is 2.21. The number of nitrogens with zero attached hydrogens (tertiary/aromatic N) is 1. The first-order chi connectivity index (χ1) is 9.46. The monoisotopic (exact) mass is 295 g/mol. The summed E-state index contributed by atoms with van der Waals surface area (Å²) in [5.41, 5.74) is 0.322. The maximum Gasteiger partial charge on any atom is 0.264 e. The van der Waals surface area contributed by atoms with E-state index in [9.17, 15) is 12.8 Å². The number of hydrogen-bond donors (Lipinski definition) is 1. The third-order valence-corrected chi connectivity index (χ3v) is 4.77. The van der Waals surface area contributed by atoms with Crippen LogP contribution in [0.4, 0.5) is 10.1 Å². The zero-order valence-corrected chi connectivity index (χ0v) is 11.6.